The Bertz CT molecular complexity index is 975. The van der Waals surface area contributed by atoms with Crippen molar-refractivity contribution in [1.29, 1.82) is 0 Å². The van der Waals surface area contributed by atoms with Crippen LogP contribution in [0.2, 0.25) is 0 Å². The number of para-hydroxylation sites is 1. The highest BCUT2D eigenvalue weighted by Crippen LogP contribution is 2.26. The highest BCUT2D eigenvalue weighted by atomic mass is 32.1. The smallest absolute Gasteiger partial charge is 0.329 e. The number of ether oxygens (including phenoxy) is 1. The first-order valence-electron chi connectivity index (χ1n) is 8.04. The summed E-state index contributed by atoms with van der Waals surface area (Å²) in [6.07, 6.45) is 0. The molecule has 0 radical (unpaired) electrons. The van der Waals surface area contributed by atoms with Gasteiger partial charge in [0.2, 0.25) is 0 Å². The summed E-state index contributed by atoms with van der Waals surface area (Å²) < 4.78 is 6.30. The van der Waals surface area contributed by atoms with E-state index in [0.717, 1.165) is 15.1 Å². The van der Waals surface area contributed by atoms with E-state index < -0.39 is 23.8 Å². The number of carbonyl (C=O) groups is 3. The van der Waals surface area contributed by atoms with Gasteiger partial charge in [0.15, 0.2) is 0 Å². The molecule has 1 aliphatic rings. The Labute approximate surface area is 153 Å². The molecule has 4 rings (SSSR count). The van der Waals surface area contributed by atoms with Gasteiger partial charge in [-0.3, -0.25) is 14.5 Å². The monoisotopic (exact) mass is 366 g/mol. The summed E-state index contributed by atoms with van der Waals surface area (Å²) >= 11 is 1.44. The van der Waals surface area contributed by atoms with Crippen molar-refractivity contribution in [2.24, 2.45) is 0 Å². The van der Waals surface area contributed by atoms with Crippen LogP contribution in [0.1, 0.15) is 32.6 Å². The molecule has 0 saturated carbocycles. The van der Waals surface area contributed by atoms with Crippen LogP contribution in [-0.4, -0.2) is 33.7 Å². The average Bonchev–Trinajstić information content (AvgIpc) is 3.18. The number of hydrogen-bond donors (Lipinski definition) is 0. The predicted molar refractivity (Wildman–Crippen MR) is 95.8 cm³/mol. The fourth-order valence-electron chi connectivity index (χ4n) is 2.90. The van der Waals surface area contributed by atoms with Crippen LogP contribution in [0.15, 0.2) is 48.5 Å². The zero-order valence-corrected chi connectivity index (χ0v) is 14.7. The Morgan fingerprint density at radius 3 is 2.35 bits per heavy atom. The molecular weight excluding hydrogens is 352 g/mol. The number of rotatable bonds is 4. The van der Waals surface area contributed by atoms with Crippen LogP contribution in [0.3, 0.4) is 0 Å². The van der Waals surface area contributed by atoms with E-state index in [1.807, 2.05) is 24.3 Å². The molecule has 0 unspecified atom stereocenters. The molecule has 0 fully saturated rings. The molecule has 7 heteroatoms. The maximum atomic E-state index is 12.4. The van der Waals surface area contributed by atoms with Crippen LogP contribution in [0.5, 0.6) is 0 Å². The molecular formula is C19H14N2O4S. The first-order chi connectivity index (χ1) is 12.6. The number of fused-ring (bicyclic) bond motifs is 2. The van der Waals surface area contributed by atoms with Gasteiger partial charge in [-0.05, 0) is 31.2 Å². The SMILES string of the molecule is C[C@H](C(=O)OCc1nc2ccccc2s1)N1C(=O)c2ccccc2C1=O. The van der Waals surface area contributed by atoms with Crippen molar-refractivity contribution in [1.82, 2.24) is 9.88 Å². The van der Waals surface area contributed by atoms with Crippen LogP contribution in [-0.2, 0) is 16.1 Å². The van der Waals surface area contributed by atoms with Gasteiger partial charge in [-0.2, -0.15) is 0 Å². The molecule has 2 heterocycles. The molecule has 0 spiro atoms. The first-order valence-corrected chi connectivity index (χ1v) is 8.86. The summed E-state index contributed by atoms with van der Waals surface area (Å²) in [6, 6.07) is 13.2. The fourth-order valence-corrected chi connectivity index (χ4v) is 3.78. The Morgan fingerprint density at radius 1 is 1.08 bits per heavy atom. The lowest BCUT2D eigenvalue weighted by Gasteiger charge is -2.20. The third-order valence-electron chi connectivity index (χ3n) is 4.23. The van der Waals surface area contributed by atoms with Gasteiger partial charge in [0.05, 0.1) is 21.3 Å². The minimum atomic E-state index is -1.00. The summed E-state index contributed by atoms with van der Waals surface area (Å²) in [4.78, 5) is 42.6. The quantitative estimate of drug-likeness (QED) is 0.524. The molecule has 6 nitrogen and oxygen atoms in total. The number of carbonyl (C=O) groups excluding carboxylic acids is 3. The van der Waals surface area contributed by atoms with Crippen LogP contribution >= 0.6 is 11.3 Å². The third kappa shape index (κ3) is 2.66. The number of nitrogens with zero attached hydrogens (tertiary/aromatic N) is 2. The summed E-state index contributed by atoms with van der Waals surface area (Å²) in [5, 5.41) is 0.661. The molecule has 1 atom stereocenters. The predicted octanol–water partition coefficient (Wildman–Crippen LogP) is 3.02. The molecule has 1 aliphatic heterocycles. The van der Waals surface area contributed by atoms with Crippen molar-refractivity contribution in [3.05, 3.63) is 64.7 Å². The van der Waals surface area contributed by atoms with Gasteiger partial charge in [0.1, 0.15) is 17.7 Å². The number of thiazole rings is 1. The van der Waals surface area contributed by atoms with E-state index in [1.54, 1.807) is 24.3 Å². The highest BCUT2D eigenvalue weighted by molar-refractivity contribution is 7.18. The standard InChI is InChI=1S/C19H14N2O4S/c1-11(21-17(22)12-6-2-3-7-13(12)18(21)23)19(24)25-10-16-20-14-8-4-5-9-15(14)26-16/h2-9,11H,10H2,1H3/t11-/m1/s1. The third-order valence-corrected chi connectivity index (χ3v) is 5.24. The van der Waals surface area contributed by atoms with Gasteiger partial charge < -0.3 is 4.74 Å². The highest BCUT2D eigenvalue weighted by Gasteiger charge is 2.41. The molecule has 0 saturated heterocycles. The normalized spacial score (nSPS) is 14.6. The molecule has 2 aromatic carbocycles. The van der Waals surface area contributed by atoms with E-state index in [0.29, 0.717) is 16.1 Å². The van der Waals surface area contributed by atoms with E-state index in [1.165, 1.54) is 18.3 Å². The van der Waals surface area contributed by atoms with Crippen molar-refractivity contribution in [2.75, 3.05) is 0 Å². The Balaban J connectivity index is 1.47. The van der Waals surface area contributed by atoms with Crippen LogP contribution in [0.25, 0.3) is 10.2 Å². The number of benzene rings is 2. The molecule has 1 aromatic heterocycles. The van der Waals surface area contributed by atoms with E-state index in [9.17, 15) is 14.4 Å². The molecule has 26 heavy (non-hydrogen) atoms. The number of hydrogen-bond acceptors (Lipinski definition) is 6. The fraction of sp³-hybridized carbons (Fsp3) is 0.158. The van der Waals surface area contributed by atoms with E-state index >= 15 is 0 Å². The Kier molecular flexibility index (Phi) is 4.00. The minimum Gasteiger partial charge on any atom is -0.457 e. The van der Waals surface area contributed by atoms with E-state index in [-0.39, 0.29) is 6.61 Å². The second-order valence-corrected chi connectivity index (χ2v) is 7.00. The van der Waals surface area contributed by atoms with Crippen molar-refractivity contribution in [2.45, 2.75) is 19.6 Å². The Hall–Kier alpha value is -3.06. The number of aromatic nitrogens is 1. The second kappa shape index (κ2) is 6.34. The summed E-state index contributed by atoms with van der Waals surface area (Å²) in [6.45, 7) is 1.49. The molecule has 130 valence electrons. The van der Waals surface area contributed by atoms with Gasteiger partial charge in [-0.15, -0.1) is 11.3 Å². The van der Waals surface area contributed by atoms with Gasteiger partial charge in [-0.25, -0.2) is 9.78 Å². The Morgan fingerprint density at radius 2 is 1.69 bits per heavy atom. The van der Waals surface area contributed by atoms with Gasteiger partial charge >= 0.3 is 5.97 Å². The molecule has 0 bridgehead atoms. The second-order valence-electron chi connectivity index (χ2n) is 5.88. The molecule has 0 aliphatic carbocycles. The van der Waals surface area contributed by atoms with Crippen molar-refractivity contribution < 1.29 is 19.1 Å². The molecule has 3 aromatic rings. The van der Waals surface area contributed by atoms with Crippen molar-refractivity contribution in [3.63, 3.8) is 0 Å². The maximum absolute atomic E-state index is 12.4. The van der Waals surface area contributed by atoms with E-state index in [4.69, 9.17) is 4.74 Å². The topological polar surface area (TPSA) is 76.6 Å². The maximum Gasteiger partial charge on any atom is 0.329 e. The summed E-state index contributed by atoms with van der Waals surface area (Å²) in [5.74, 6) is -1.59. The molecule has 2 amide bonds. The average molecular weight is 366 g/mol. The summed E-state index contributed by atoms with van der Waals surface area (Å²) in [5.41, 5.74) is 1.46. The van der Waals surface area contributed by atoms with E-state index in [2.05, 4.69) is 4.98 Å². The van der Waals surface area contributed by atoms with Crippen LogP contribution in [0, 0.1) is 0 Å². The summed E-state index contributed by atoms with van der Waals surface area (Å²) in [7, 11) is 0. The zero-order valence-electron chi connectivity index (χ0n) is 13.8. The largest absolute Gasteiger partial charge is 0.457 e. The van der Waals surface area contributed by atoms with Gasteiger partial charge in [-0.1, -0.05) is 24.3 Å². The lowest BCUT2D eigenvalue weighted by Crippen LogP contribution is -2.43. The zero-order chi connectivity index (χ0) is 18.3. The van der Waals surface area contributed by atoms with Crippen LogP contribution in [0.4, 0.5) is 0 Å². The van der Waals surface area contributed by atoms with Gasteiger partial charge in [0, 0.05) is 0 Å². The first kappa shape index (κ1) is 16.4. The number of esters is 1. The minimum absolute atomic E-state index is 0.00564. The number of amides is 2. The number of imide groups is 1. The van der Waals surface area contributed by atoms with Crippen molar-refractivity contribution >= 4 is 39.3 Å². The van der Waals surface area contributed by atoms with Gasteiger partial charge in [0.25, 0.3) is 11.8 Å². The van der Waals surface area contributed by atoms with Crippen molar-refractivity contribution in [3.8, 4) is 0 Å². The molecule has 0 N–H and O–H groups in total. The lowest BCUT2D eigenvalue weighted by molar-refractivity contribution is -0.149. The van der Waals surface area contributed by atoms with Crippen LogP contribution < -0.4 is 0 Å². The lowest BCUT2D eigenvalue weighted by atomic mass is 10.1.